The summed E-state index contributed by atoms with van der Waals surface area (Å²) in [6.07, 6.45) is 5.26. The van der Waals surface area contributed by atoms with Crippen molar-refractivity contribution in [3.05, 3.63) is 58.9 Å². The predicted molar refractivity (Wildman–Crippen MR) is 130 cm³/mol. The van der Waals surface area contributed by atoms with Gasteiger partial charge in [0.2, 0.25) is 0 Å². The minimum atomic E-state index is -2.99. The van der Waals surface area contributed by atoms with Crippen LogP contribution >= 0.6 is 11.6 Å². The molecule has 2 aliphatic heterocycles. The zero-order valence-electron chi connectivity index (χ0n) is 19.4. The summed E-state index contributed by atoms with van der Waals surface area (Å²) in [6, 6.07) is 11.0. The second-order valence-corrected chi connectivity index (χ2v) is 10.3. The third-order valence-electron chi connectivity index (χ3n) is 7.74. The minimum Gasteiger partial charge on any atom is -0.431 e. The Morgan fingerprint density at radius 1 is 1.17 bits per heavy atom. The molecule has 3 aromatic rings. The average molecular weight is 515 g/mol. The Bertz CT molecular complexity index is 1320. The molecule has 1 saturated carbocycles. The first-order chi connectivity index (χ1) is 17.3. The van der Waals surface area contributed by atoms with Gasteiger partial charge in [0.1, 0.15) is 0 Å². The van der Waals surface area contributed by atoms with Crippen molar-refractivity contribution in [2.45, 2.75) is 49.8 Å². The maximum atomic E-state index is 13.2. The number of aryl methyl sites for hydroxylation is 1. The van der Waals surface area contributed by atoms with E-state index in [2.05, 4.69) is 20.1 Å². The van der Waals surface area contributed by atoms with Crippen LogP contribution in [0.25, 0.3) is 11.3 Å². The number of carbonyl (C=O) groups excluding carboxylic acids is 1. The Kier molecular flexibility index (Phi) is 5.33. The summed E-state index contributed by atoms with van der Waals surface area (Å²) in [7, 11) is 0. The van der Waals surface area contributed by atoms with Crippen LogP contribution in [0.3, 0.4) is 0 Å². The summed E-state index contributed by atoms with van der Waals surface area (Å²) >= 11 is 6.05. The first kappa shape index (κ1) is 23.0. The number of aromatic nitrogens is 3. The fraction of sp³-hybridized carbons (Fsp3) is 0.400. The Balaban J connectivity index is 1.17. The topological polar surface area (TPSA) is 98.3 Å². The van der Waals surface area contributed by atoms with Crippen LogP contribution in [0.4, 0.5) is 19.4 Å². The van der Waals surface area contributed by atoms with Gasteiger partial charge in [0.25, 0.3) is 0 Å². The van der Waals surface area contributed by atoms with Crippen molar-refractivity contribution in [3.63, 3.8) is 0 Å². The third-order valence-corrected chi connectivity index (χ3v) is 8.00. The summed E-state index contributed by atoms with van der Waals surface area (Å²) in [5.74, 6) is -0.284. The van der Waals surface area contributed by atoms with Gasteiger partial charge in [-0.1, -0.05) is 23.7 Å². The Morgan fingerprint density at radius 2 is 1.92 bits per heavy atom. The highest BCUT2D eigenvalue weighted by Crippen LogP contribution is 2.46. The highest BCUT2D eigenvalue weighted by molar-refractivity contribution is 6.30. The highest BCUT2D eigenvalue weighted by Gasteiger charge is 2.52. The molecule has 8 nitrogen and oxygen atoms in total. The van der Waals surface area contributed by atoms with E-state index >= 15 is 0 Å². The molecular formula is C25H25ClF2N6O2. The first-order valence-electron chi connectivity index (χ1n) is 11.9. The molecule has 0 unspecified atom stereocenters. The monoisotopic (exact) mass is 514 g/mol. The number of nitrogen functional groups attached to an aromatic ring is 1. The largest absolute Gasteiger partial charge is 0.431 e. The number of nitrogens with two attached hydrogens (primary N) is 1. The molecule has 11 heteroatoms. The number of hydrogen-bond donors (Lipinski definition) is 2. The number of ether oxygens (including phenoxy) is 1. The van der Waals surface area contributed by atoms with E-state index in [-0.39, 0.29) is 28.6 Å². The van der Waals surface area contributed by atoms with Gasteiger partial charge in [-0.05, 0) is 55.5 Å². The molecule has 2 amide bonds. The Hall–Kier alpha value is -3.40. The van der Waals surface area contributed by atoms with E-state index in [0.717, 1.165) is 43.5 Å². The number of anilines is 1. The van der Waals surface area contributed by atoms with Crippen molar-refractivity contribution < 1.29 is 18.3 Å². The molecule has 3 N–H and O–H groups in total. The van der Waals surface area contributed by atoms with Crippen LogP contribution < -0.4 is 15.8 Å². The van der Waals surface area contributed by atoms with Gasteiger partial charge in [0.05, 0.1) is 11.2 Å². The zero-order chi connectivity index (χ0) is 25.1. The van der Waals surface area contributed by atoms with Gasteiger partial charge in [-0.2, -0.15) is 13.9 Å². The number of pyridine rings is 1. The predicted octanol–water partition coefficient (Wildman–Crippen LogP) is 4.53. The number of likely N-dealkylation sites (tertiary alicyclic amines) is 1. The molecule has 6 rings (SSSR count). The van der Waals surface area contributed by atoms with Gasteiger partial charge in [-0.25, -0.2) is 9.78 Å². The lowest BCUT2D eigenvalue weighted by Crippen LogP contribution is -2.65. The number of alkyl halides is 2. The fourth-order valence-corrected chi connectivity index (χ4v) is 5.73. The number of urea groups is 1. The second-order valence-electron chi connectivity index (χ2n) is 9.88. The number of amides is 2. The SMILES string of the molecule is Nc1ncc(-c2cc3n(n2)CCC32CN(C(=O)NC3(c4ccc(Cl)cc4)CCC3)C2)cc1OC(F)F. The first-order valence-corrected chi connectivity index (χ1v) is 12.3. The van der Waals surface area contributed by atoms with E-state index in [1.54, 1.807) is 0 Å². The van der Waals surface area contributed by atoms with E-state index in [9.17, 15) is 13.6 Å². The van der Waals surface area contributed by atoms with E-state index in [1.807, 2.05) is 39.9 Å². The number of fused-ring (bicyclic) bond motifs is 2. The van der Waals surface area contributed by atoms with Crippen molar-refractivity contribution >= 4 is 23.4 Å². The standard InChI is InChI=1S/C25H25ClF2N6O2/c26-17-4-2-16(3-5-17)25(6-1-7-25)31-23(35)33-13-24(14-33)8-9-34-20(24)11-18(32-34)15-10-19(36-22(27)28)21(29)30-12-15/h2-5,10-12,22H,1,6-9,13-14H2,(H2,29,30)(H,31,35). The van der Waals surface area contributed by atoms with E-state index in [1.165, 1.54) is 12.3 Å². The molecule has 4 heterocycles. The third kappa shape index (κ3) is 3.75. The van der Waals surface area contributed by atoms with E-state index in [0.29, 0.717) is 29.4 Å². The maximum absolute atomic E-state index is 13.2. The lowest BCUT2D eigenvalue weighted by atomic mass is 9.71. The van der Waals surface area contributed by atoms with Crippen molar-refractivity contribution in [2.75, 3.05) is 18.8 Å². The van der Waals surface area contributed by atoms with Crippen molar-refractivity contribution in [3.8, 4) is 17.0 Å². The number of halogens is 3. The molecule has 0 bridgehead atoms. The number of hydrogen-bond acceptors (Lipinski definition) is 5. The lowest BCUT2D eigenvalue weighted by Gasteiger charge is -2.50. The van der Waals surface area contributed by atoms with Crippen molar-refractivity contribution in [1.82, 2.24) is 25.0 Å². The van der Waals surface area contributed by atoms with Crippen LogP contribution in [0.2, 0.25) is 5.02 Å². The molecule has 1 saturated heterocycles. The van der Waals surface area contributed by atoms with Crippen molar-refractivity contribution in [1.29, 1.82) is 0 Å². The Labute approximate surface area is 211 Å². The smallest absolute Gasteiger partial charge is 0.387 e. The Morgan fingerprint density at radius 3 is 2.58 bits per heavy atom. The summed E-state index contributed by atoms with van der Waals surface area (Å²) < 4.78 is 31.8. The van der Waals surface area contributed by atoms with Gasteiger partial charge in [-0.15, -0.1) is 0 Å². The van der Waals surface area contributed by atoms with Crippen LogP contribution in [0, 0.1) is 0 Å². The summed E-state index contributed by atoms with van der Waals surface area (Å²) in [5.41, 5.74) is 8.42. The van der Waals surface area contributed by atoms with Gasteiger partial charge in [0, 0.05) is 47.5 Å². The molecule has 1 aromatic carbocycles. The summed E-state index contributed by atoms with van der Waals surface area (Å²) in [5, 5.41) is 8.61. The van der Waals surface area contributed by atoms with Crippen molar-refractivity contribution in [2.24, 2.45) is 0 Å². The fourth-order valence-electron chi connectivity index (χ4n) is 5.61. The second kappa shape index (κ2) is 8.33. The molecule has 3 aliphatic rings. The molecule has 2 fully saturated rings. The quantitative estimate of drug-likeness (QED) is 0.521. The number of nitrogens with one attached hydrogen (secondary N) is 1. The molecular weight excluding hydrogens is 490 g/mol. The van der Waals surface area contributed by atoms with Crippen LogP contribution in [-0.4, -0.2) is 45.4 Å². The molecule has 36 heavy (non-hydrogen) atoms. The summed E-state index contributed by atoms with van der Waals surface area (Å²) in [4.78, 5) is 19.0. The molecule has 0 atom stereocenters. The zero-order valence-corrected chi connectivity index (χ0v) is 20.1. The van der Waals surface area contributed by atoms with Crippen LogP contribution in [0.1, 0.15) is 36.9 Å². The molecule has 188 valence electrons. The number of carbonyl (C=O) groups is 1. The number of nitrogens with zero attached hydrogens (tertiary/aromatic N) is 4. The van der Waals surface area contributed by atoms with Crippen LogP contribution in [-0.2, 0) is 17.5 Å². The lowest BCUT2D eigenvalue weighted by molar-refractivity contribution is -0.0494. The number of benzene rings is 1. The maximum Gasteiger partial charge on any atom is 0.387 e. The number of rotatable bonds is 5. The van der Waals surface area contributed by atoms with Gasteiger partial charge >= 0.3 is 12.6 Å². The van der Waals surface area contributed by atoms with Gasteiger partial charge < -0.3 is 20.7 Å². The van der Waals surface area contributed by atoms with E-state index in [4.69, 9.17) is 17.3 Å². The molecule has 0 radical (unpaired) electrons. The van der Waals surface area contributed by atoms with Gasteiger partial charge in [0.15, 0.2) is 11.6 Å². The molecule has 2 aromatic heterocycles. The van der Waals surface area contributed by atoms with Crippen LogP contribution in [0.5, 0.6) is 5.75 Å². The van der Waals surface area contributed by atoms with E-state index < -0.39 is 6.61 Å². The van der Waals surface area contributed by atoms with Gasteiger partial charge in [-0.3, -0.25) is 4.68 Å². The highest BCUT2D eigenvalue weighted by atomic mass is 35.5. The molecule has 1 aliphatic carbocycles. The summed E-state index contributed by atoms with van der Waals surface area (Å²) in [6.45, 7) is -1.08. The normalized spacial score (nSPS) is 19.1. The van der Waals surface area contributed by atoms with Crippen LogP contribution in [0.15, 0.2) is 42.6 Å². The molecule has 1 spiro atoms. The minimum absolute atomic E-state index is 0.0648. The average Bonchev–Trinajstić information content (AvgIpc) is 3.36.